The Morgan fingerprint density at radius 2 is 1.95 bits per heavy atom. The molecule has 0 unspecified atom stereocenters. The maximum atomic E-state index is 9.97. The van der Waals surface area contributed by atoms with Crippen molar-refractivity contribution in [3.05, 3.63) is 36.5 Å². The highest BCUT2D eigenvalue weighted by molar-refractivity contribution is 7.18. The van der Waals surface area contributed by atoms with Crippen LogP contribution in [0.3, 0.4) is 0 Å². The molecule has 1 aliphatic rings. The van der Waals surface area contributed by atoms with Gasteiger partial charge in [-0.1, -0.05) is 54.5 Å². The molecule has 2 aromatic rings. The van der Waals surface area contributed by atoms with E-state index in [1.807, 2.05) is 24.4 Å². The molecule has 2 atom stereocenters. The van der Waals surface area contributed by atoms with E-state index < -0.39 is 0 Å². The third-order valence-electron chi connectivity index (χ3n) is 3.60. The molecular weight excluding hydrogens is 256 g/mol. The summed E-state index contributed by atoms with van der Waals surface area (Å²) in [6.45, 7) is 0. The van der Waals surface area contributed by atoms with E-state index in [0.29, 0.717) is 0 Å². The fourth-order valence-corrected chi connectivity index (χ4v) is 3.40. The van der Waals surface area contributed by atoms with Crippen molar-refractivity contribution < 1.29 is 5.11 Å². The van der Waals surface area contributed by atoms with Crippen molar-refractivity contribution in [1.82, 2.24) is 4.98 Å². The summed E-state index contributed by atoms with van der Waals surface area (Å²) in [5.74, 6) is 0. The normalized spacial score (nSPS) is 23.2. The van der Waals surface area contributed by atoms with Gasteiger partial charge in [-0.15, -0.1) is 0 Å². The quantitative estimate of drug-likeness (QED) is 0.900. The Bertz CT molecular complexity index is 526. The van der Waals surface area contributed by atoms with Gasteiger partial charge in [0, 0.05) is 6.20 Å². The highest BCUT2D eigenvalue weighted by Crippen LogP contribution is 2.30. The van der Waals surface area contributed by atoms with Gasteiger partial charge in [0.05, 0.1) is 17.0 Å². The van der Waals surface area contributed by atoms with E-state index in [0.717, 1.165) is 29.3 Å². The maximum absolute atomic E-state index is 9.97. The summed E-state index contributed by atoms with van der Waals surface area (Å²) in [6.07, 6.45) is 5.91. The zero-order valence-electron chi connectivity index (χ0n) is 10.7. The van der Waals surface area contributed by atoms with E-state index in [4.69, 9.17) is 0 Å². The lowest BCUT2D eigenvalue weighted by molar-refractivity contribution is 0.116. The number of nitrogens with one attached hydrogen (secondary N) is 1. The summed E-state index contributed by atoms with van der Waals surface area (Å²) in [5, 5.41) is 14.3. The molecule has 2 N–H and O–H groups in total. The predicted octanol–water partition coefficient (Wildman–Crippen LogP) is 3.53. The third-order valence-corrected chi connectivity index (χ3v) is 4.58. The molecule has 0 bridgehead atoms. The molecule has 1 fully saturated rings. The Labute approximate surface area is 117 Å². The average Bonchev–Trinajstić information content (AvgIpc) is 2.91. The Hall–Kier alpha value is -1.39. The van der Waals surface area contributed by atoms with Crippen LogP contribution in [0.2, 0.25) is 0 Å². The van der Waals surface area contributed by atoms with Crippen LogP contribution in [0.25, 0.3) is 10.4 Å². The van der Waals surface area contributed by atoms with Crippen molar-refractivity contribution in [2.24, 2.45) is 0 Å². The highest BCUT2D eigenvalue weighted by Gasteiger charge is 2.23. The van der Waals surface area contributed by atoms with Crippen molar-refractivity contribution >= 4 is 16.5 Å². The molecule has 3 rings (SSSR count). The van der Waals surface area contributed by atoms with Gasteiger partial charge in [-0.25, -0.2) is 4.98 Å². The maximum Gasteiger partial charge on any atom is 0.183 e. The number of nitrogens with zero attached hydrogens (tertiary/aromatic N) is 1. The molecule has 0 amide bonds. The largest absolute Gasteiger partial charge is 0.391 e. The number of hydrogen-bond acceptors (Lipinski definition) is 4. The fraction of sp³-hybridized carbons (Fsp3) is 0.400. The molecule has 1 heterocycles. The molecule has 1 saturated carbocycles. The zero-order chi connectivity index (χ0) is 13.1. The molecule has 0 saturated heterocycles. The molecule has 4 heteroatoms. The van der Waals surface area contributed by atoms with Gasteiger partial charge in [-0.2, -0.15) is 0 Å². The van der Waals surface area contributed by atoms with Crippen molar-refractivity contribution in [3.63, 3.8) is 0 Å². The molecule has 19 heavy (non-hydrogen) atoms. The van der Waals surface area contributed by atoms with E-state index in [9.17, 15) is 5.11 Å². The van der Waals surface area contributed by atoms with Gasteiger partial charge >= 0.3 is 0 Å². The molecule has 1 aromatic heterocycles. The Morgan fingerprint density at radius 1 is 1.16 bits per heavy atom. The van der Waals surface area contributed by atoms with Crippen molar-refractivity contribution in [3.8, 4) is 10.4 Å². The number of aliphatic hydroxyl groups is 1. The first-order valence-electron chi connectivity index (χ1n) is 6.79. The van der Waals surface area contributed by atoms with Crippen molar-refractivity contribution in [1.29, 1.82) is 0 Å². The minimum atomic E-state index is -0.238. The summed E-state index contributed by atoms with van der Waals surface area (Å²) in [7, 11) is 0. The van der Waals surface area contributed by atoms with Gasteiger partial charge in [-0.05, 0) is 18.4 Å². The lowest BCUT2D eigenvalue weighted by atomic mass is 9.93. The number of rotatable bonds is 3. The zero-order valence-corrected chi connectivity index (χ0v) is 11.6. The number of hydrogen-bond donors (Lipinski definition) is 2. The standard InChI is InChI=1S/C15H18N2OS/c18-13-9-5-4-8-12(13)17-15-16-10-14(19-15)11-6-2-1-3-7-11/h1-3,6-7,10,12-13,18H,4-5,8-9H2,(H,16,17)/t12-,13-/m0/s1. The number of anilines is 1. The van der Waals surface area contributed by atoms with Gasteiger partial charge in [0.1, 0.15) is 0 Å². The first-order chi connectivity index (χ1) is 9.33. The van der Waals surface area contributed by atoms with Crippen LogP contribution in [-0.4, -0.2) is 22.2 Å². The molecule has 0 aliphatic heterocycles. The fourth-order valence-electron chi connectivity index (χ4n) is 2.51. The smallest absolute Gasteiger partial charge is 0.183 e. The highest BCUT2D eigenvalue weighted by atomic mass is 32.1. The van der Waals surface area contributed by atoms with Crippen LogP contribution in [-0.2, 0) is 0 Å². The number of benzene rings is 1. The minimum absolute atomic E-state index is 0.156. The monoisotopic (exact) mass is 274 g/mol. The summed E-state index contributed by atoms with van der Waals surface area (Å²) < 4.78 is 0. The van der Waals surface area contributed by atoms with Crippen LogP contribution < -0.4 is 5.32 Å². The third kappa shape index (κ3) is 2.96. The molecule has 0 spiro atoms. The Kier molecular flexibility index (Phi) is 3.80. The second kappa shape index (κ2) is 5.72. The lowest BCUT2D eigenvalue weighted by Crippen LogP contribution is -2.36. The number of aliphatic hydroxyl groups excluding tert-OH is 1. The summed E-state index contributed by atoms with van der Waals surface area (Å²) >= 11 is 1.65. The first kappa shape index (κ1) is 12.6. The topological polar surface area (TPSA) is 45.1 Å². The summed E-state index contributed by atoms with van der Waals surface area (Å²) in [6, 6.07) is 10.4. The molecule has 1 aliphatic carbocycles. The van der Waals surface area contributed by atoms with Gasteiger partial charge < -0.3 is 10.4 Å². The molecule has 0 radical (unpaired) electrons. The van der Waals surface area contributed by atoms with Gasteiger partial charge in [0.15, 0.2) is 5.13 Å². The number of aromatic nitrogens is 1. The summed E-state index contributed by atoms with van der Waals surface area (Å²) in [5.41, 5.74) is 1.19. The molecule has 100 valence electrons. The van der Waals surface area contributed by atoms with E-state index in [2.05, 4.69) is 22.4 Å². The second-order valence-corrected chi connectivity index (χ2v) is 6.03. The molecule has 3 nitrogen and oxygen atoms in total. The molecular formula is C15H18N2OS. The summed E-state index contributed by atoms with van der Waals surface area (Å²) in [4.78, 5) is 5.58. The van der Waals surface area contributed by atoms with Crippen LogP contribution in [0.15, 0.2) is 36.5 Å². The first-order valence-corrected chi connectivity index (χ1v) is 7.60. The van der Waals surface area contributed by atoms with E-state index in [1.54, 1.807) is 11.3 Å². The lowest BCUT2D eigenvalue weighted by Gasteiger charge is -2.28. The van der Waals surface area contributed by atoms with Crippen LogP contribution in [0, 0.1) is 0 Å². The Balaban J connectivity index is 1.71. The van der Waals surface area contributed by atoms with Gasteiger partial charge in [0.25, 0.3) is 0 Å². The van der Waals surface area contributed by atoms with Gasteiger partial charge in [0.2, 0.25) is 0 Å². The predicted molar refractivity (Wildman–Crippen MR) is 79.4 cm³/mol. The van der Waals surface area contributed by atoms with Crippen LogP contribution in [0.1, 0.15) is 25.7 Å². The minimum Gasteiger partial charge on any atom is -0.391 e. The molecule has 1 aromatic carbocycles. The van der Waals surface area contributed by atoms with Crippen LogP contribution in [0.4, 0.5) is 5.13 Å². The van der Waals surface area contributed by atoms with Crippen LogP contribution in [0.5, 0.6) is 0 Å². The number of thiazole rings is 1. The Morgan fingerprint density at radius 3 is 2.74 bits per heavy atom. The van der Waals surface area contributed by atoms with E-state index in [1.165, 1.54) is 12.0 Å². The van der Waals surface area contributed by atoms with Crippen molar-refractivity contribution in [2.75, 3.05) is 5.32 Å². The second-order valence-electron chi connectivity index (χ2n) is 5.00. The van der Waals surface area contributed by atoms with Gasteiger partial charge in [-0.3, -0.25) is 0 Å². The average molecular weight is 274 g/mol. The van der Waals surface area contributed by atoms with Crippen LogP contribution >= 0.6 is 11.3 Å². The van der Waals surface area contributed by atoms with E-state index >= 15 is 0 Å². The van der Waals surface area contributed by atoms with E-state index in [-0.39, 0.29) is 12.1 Å². The van der Waals surface area contributed by atoms with Crippen molar-refractivity contribution in [2.45, 2.75) is 37.8 Å². The SMILES string of the molecule is O[C@H]1CCCC[C@@H]1Nc1ncc(-c2ccccc2)s1.